The van der Waals surface area contributed by atoms with Gasteiger partial charge in [-0.05, 0) is 73.6 Å². The van der Waals surface area contributed by atoms with Crippen molar-refractivity contribution in [3.63, 3.8) is 0 Å². The van der Waals surface area contributed by atoms with Crippen molar-refractivity contribution in [1.29, 1.82) is 0 Å². The second-order valence-corrected chi connectivity index (χ2v) is 11.6. The van der Waals surface area contributed by atoms with E-state index < -0.39 is 22.8 Å². The molecule has 3 N–H and O–H groups in total. The summed E-state index contributed by atoms with van der Waals surface area (Å²) >= 11 is 0. The number of rotatable bonds is 7. The fourth-order valence-electron chi connectivity index (χ4n) is 4.25. The maximum Gasteiger partial charge on any atom is 0.408 e. The maximum absolute atomic E-state index is 12.8. The van der Waals surface area contributed by atoms with E-state index in [1.54, 1.807) is 0 Å². The molecule has 1 fully saturated rings. The number of ether oxygens (including phenoxy) is 1. The molecule has 0 bridgehead atoms. The van der Waals surface area contributed by atoms with Gasteiger partial charge in [0, 0.05) is 17.1 Å². The molecular formula is C24H45N3O4. The van der Waals surface area contributed by atoms with Crippen LogP contribution in [0.15, 0.2) is 12.2 Å². The zero-order chi connectivity index (χ0) is 24.2. The first-order chi connectivity index (χ1) is 13.9. The van der Waals surface area contributed by atoms with Crippen molar-refractivity contribution in [1.82, 2.24) is 15.7 Å². The van der Waals surface area contributed by atoms with Crippen molar-refractivity contribution >= 4 is 12.0 Å². The van der Waals surface area contributed by atoms with E-state index in [0.29, 0.717) is 18.8 Å². The van der Waals surface area contributed by atoms with E-state index in [-0.39, 0.29) is 23.9 Å². The summed E-state index contributed by atoms with van der Waals surface area (Å²) in [6.07, 6.45) is 5.37. The molecule has 0 radical (unpaired) electrons. The number of hydroxylamine groups is 2. The Bertz CT molecular complexity index is 632. The fraction of sp³-hybridized carbons (Fsp3) is 0.833. The third kappa shape index (κ3) is 9.19. The number of nitrogens with one attached hydrogen (secondary N) is 2. The molecule has 0 aliphatic carbocycles. The summed E-state index contributed by atoms with van der Waals surface area (Å²) < 4.78 is 5.36. The van der Waals surface area contributed by atoms with Crippen LogP contribution in [0.2, 0.25) is 0 Å². The zero-order valence-corrected chi connectivity index (χ0v) is 21.2. The lowest BCUT2D eigenvalue weighted by molar-refractivity contribution is -0.246. The Kier molecular flexibility index (Phi) is 9.15. The van der Waals surface area contributed by atoms with E-state index in [9.17, 15) is 14.8 Å². The first-order valence-corrected chi connectivity index (χ1v) is 11.4. The van der Waals surface area contributed by atoms with Crippen molar-refractivity contribution in [2.75, 3.05) is 0 Å². The molecule has 2 amide bonds. The fourth-order valence-corrected chi connectivity index (χ4v) is 4.25. The molecular weight excluding hydrogens is 394 g/mol. The van der Waals surface area contributed by atoms with Gasteiger partial charge in [0.25, 0.3) is 0 Å². The van der Waals surface area contributed by atoms with Crippen LogP contribution in [0, 0.1) is 11.8 Å². The summed E-state index contributed by atoms with van der Waals surface area (Å²) in [6, 6.07) is -0.219. The normalized spacial score (nSPS) is 21.7. The van der Waals surface area contributed by atoms with Crippen molar-refractivity contribution in [3.8, 4) is 0 Å². The molecule has 2 atom stereocenters. The van der Waals surface area contributed by atoms with Gasteiger partial charge in [0.15, 0.2) is 0 Å². The van der Waals surface area contributed by atoms with Gasteiger partial charge < -0.3 is 20.6 Å². The number of carbonyl (C=O) groups excluding carboxylic acids is 2. The van der Waals surface area contributed by atoms with Gasteiger partial charge in [-0.1, -0.05) is 32.9 Å². The van der Waals surface area contributed by atoms with E-state index in [0.717, 1.165) is 6.42 Å². The predicted molar refractivity (Wildman–Crippen MR) is 124 cm³/mol. The first-order valence-electron chi connectivity index (χ1n) is 11.4. The van der Waals surface area contributed by atoms with Crippen LogP contribution in [-0.4, -0.2) is 51.0 Å². The Morgan fingerprint density at radius 1 is 1.10 bits per heavy atom. The zero-order valence-electron chi connectivity index (χ0n) is 21.2. The number of carbonyl (C=O) groups is 2. The summed E-state index contributed by atoms with van der Waals surface area (Å²) in [7, 11) is 0. The number of hydrogen-bond donors (Lipinski definition) is 3. The predicted octanol–water partition coefficient (Wildman–Crippen LogP) is 4.65. The van der Waals surface area contributed by atoms with Crippen molar-refractivity contribution in [3.05, 3.63) is 12.2 Å². The molecule has 0 unspecified atom stereocenters. The molecule has 0 spiro atoms. The smallest absolute Gasteiger partial charge is 0.408 e. The Morgan fingerprint density at radius 2 is 1.61 bits per heavy atom. The van der Waals surface area contributed by atoms with Crippen LogP contribution in [0.25, 0.3) is 0 Å². The lowest BCUT2D eigenvalue weighted by Crippen LogP contribution is -2.63. The van der Waals surface area contributed by atoms with Gasteiger partial charge in [-0.15, -0.1) is 0 Å². The van der Waals surface area contributed by atoms with Crippen molar-refractivity contribution in [2.45, 2.75) is 117 Å². The number of nitrogens with zero attached hydrogens (tertiary/aromatic N) is 1. The Labute approximate surface area is 188 Å². The summed E-state index contributed by atoms with van der Waals surface area (Å²) in [4.78, 5) is 25.0. The average Bonchev–Trinajstić information content (AvgIpc) is 2.54. The second kappa shape index (κ2) is 10.3. The third-order valence-electron chi connectivity index (χ3n) is 5.46. The maximum atomic E-state index is 12.8. The lowest BCUT2D eigenvalue weighted by atomic mass is 9.79. The molecule has 1 heterocycles. The van der Waals surface area contributed by atoms with E-state index in [4.69, 9.17) is 4.74 Å². The first kappa shape index (κ1) is 27.4. The van der Waals surface area contributed by atoms with Crippen molar-refractivity contribution < 1.29 is 19.5 Å². The molecule has 0 aromatic heterocycles. The molecule has 180 valence electrons. The number of alkyl carbamates (subject to hydrolysis) is 1. The van der Waals surface area contributed by atoms with Gasteiger partial charge in [-0.25, -0.2) is 4.79 Å². The molecule has 0 saturated carbocycles. The number of hydrogen-bond acceptors (Lipinski definition) is 5. The molecule has 0 aromatic carbocycles. The molecule has 7 heteroatoms. The van der Waals surface area contributed by atoms with E-state index in [2.05, 4.69) is 24.5 Å². The van der Waals surface area contributed by atoms with Crippen LogP contribution in [0.3, 0.4) is 0 Å². The van der Waals surface area contributed by atoms with Crippen LogP contribution in [0.1, 0.15) is 88.5 Å². The monoisotopic (exact) mass is 439 g/mol. The topological polar surface area (TPSA) is 90.9 Å². The Hall–Kier alpha value is -1.60. The van der Waals surface area contributed by atoms with Gasteiger partial charge in [-0.2, -0.15) is 5.06 Å². The van der Waals surface area contributed by atoms with Gasteiger partial charge in [0.1, 0.15) is 5.60 Å². The SMILES string of the molecule is CC(C)C[C@@H](/C=C/[C@H](C)C(=O)NC1CC(C)(C)N(O)C(C)(C)C1)NC(=O)OC(C)(C)C. The van der Waals surface area contributed by atoms with Crippen LogP contribution < -0.4 is 10.6 Å². The molecule has 1 saturated heterocycles. The van der Waals surface area contributed by atoms with E-state index in [1.165, 1.54) is 5.06 Å². The minimum absolute atomic E-state index is 0.0110. The van der Waals surface area contributed by atoms with Crippen LogP contribution >= 0.6 is 0 Å². The van der Waals surface area contributed by atoms with Gasteiger partial charge in [-0.3, -0.25) is 4.79 Å². The van der Waals surface area contributed by atoms with Crippen LogP contribution in [0.5, 0.6) is 0 Å². The standard InChI is InChI=1S/C24H45N3O4/c1-16(2)13-18(26-21(29)31-22(4,5)6)12-11-17(3)20(28)25-19-14-23(7,8)27(30)24(9,10)15-19/h11-12,16-19,30H,13-15H2,1-10H3,(H,25,28)(H,26,29)/b12-11+/t17-,18+/m0/s1. The molecule has 1 rings (SSSR count). The molecule has 0 aromatic rings. The lowest BCUT2D eigenvalue weighted by Gasteiger charge is -2.51. The van der Waals surface area contributed by atoms with E-state index in [1.807, 2.05) is 67.5 Å². The molecule has 31 heavy (non-hydrogen) atoms. The highest BCUT2D eigenvalue weighted by Gasteiger charge is 2.45. The van der Waals surface area contributed by atoms with Crippen LogP contribution in [0.4, 0.5) is 4.79 Å². The molecule has 1 aliphatic rings. The molecule has 1 aliphatic heterocycles. The summed E-state index contributed by atoms with van der Waals surface area (Å²) in [6.45, 7) is 19.4. The summed E-state index contributed by atoms with van der Waals surface area (Å²) in [5.41, 5.74) is -1.40. The minimum atomic E-state index is -0.560. The largest absolute Gasteiger partial charge is 0.444 e. The van der Waals surface area contributed by atoms with Gasteiger partial charge in [0.2, 0.25) is 5.91 Å². The number of amides is 2. The second-order valence-electron chi connectivity index (χ2n) is 11.6. The quantitative estimate of drug-likeness (QED) is 0.503. The minimum Gasteiger partial charge on any atom is -0.444 e. The highest BCUT2D eigenvalue weighted by molar-refractivity contribution is 5.80. The van der Waals surface area contributed by atoms with Gasteiger partial charge in [0.05, 0.1) is 12.0 Å². The highest BCUT2D eigenvalue weighted by atomic mass is 16.6. The van der Waals surface area contributed by atoms with Gasteiger partial charge >= 0.3 is 6.09 Å². The third-order valence-corrected chi connectivity index (χ3v) is 5.46. The number of piperidine rings is 1. The van der Waals surface area contributed by atoms with Crippen molar-refractivity contribution in [2.24, 2.45) is 11.8 Å². The Balaban J connectivity index is 2.75. The molecule has 7 nitrogen and oxygen atoms in total. The summed E-state index contributed by atoms with van der Waals surface area (Å²) in [5.74, 6) is -0.0184. The van der Waals surface area contributed by atoms with E-state index >= 15 is 0 Å². The summed E-state index contributed by atoms with van der Waals surface area (Å²) in [5, 5.41) is 17.9. The Morgan fingerprint density at radius 3 is 2.06 bits per heavy atom. The highest BCUT2D eigenvalue weighted by Crippen LogP contribution is 2.36. The average molecular weight is 440 g/mol. The van der Waals surface area contributed by atoms with Crippen LogP contribution in [-0.2, 0) is 9.53 Å².